The van der Waals surface area contributed by atoms with Crippen LogP contribution in [0.3, 0.4) is 0 Å². The fourth-order valence-electron chi connectivity index (χ4n) is 5.21. The number of fused-ring (bicyclic) bond motifs is 2. The Morgan fingerprint density at radius 3 is 2.32 bits per heavy atom. The first-order valence-corrected chi connectivity index (χ1v) is 11.4. The third kappa shape index (κ3) is 3.57. The molecule has 0 N–H and O–H groups in total. The molecular formula is C28H26ClFO. The van der Waals surface area contributed by atoms with E-state index < -0.39 is 0 Å². The van der Waals surface area contributed by atoms with Crippen molar-refractivity contribution in [1.82, 2.24) is 0 Å². The molecule has 2 aliphatic rings. The van der Waals surface area contributed by atoms with Crippen LogP contribution in [0.1, 0.15) is 49.8 Å². The van der Waals surface area contributed by atoms with Gasteiger partial charge in [0.25, 0.3) is 0 Å². The minimum atomic E-state index is -0.322. The van der Waals surface area contributed by atoms with Crippen molar-refractivity contribution in [1.29, 1.82) is 0 Å². The highest BCUT2D eigenvalue weighted by Gasteiger charge is 2.45. The molecule has 0 bridgehead atoms. The molecule has 3 heteroatoms. The lowest BCUT2D eigenvalue weighted by Crippen LogP contribution is -2.34. The van der Waals surface area contributed by atoms with Gasteiger partial charge in [-0.15, -0.1) is 0 Å². The van der Waals surface area contributed by atoms with Crippen LogP contribution in [0.15, 0.2) is 66.2 Å². The summed E-state index contributed by atoms with van der Waals surface area (Å²) in [5.74, 6) is 0.609. The normalized spacial score (nSPS) is 18.2. The Hall–Kier alpha value is -2.58. The van der Waals surface area contributed by atoms with E-state index in [4.69, 9.17) is 16.3 Å². The summed E-state index contributed by atoms with van der Waals surface area (Å²) in [6.45, 7) is 4.43. The summed E-state index contributed by atoms with van der Waals surface area (Å²) in [5, 5.41) is 0.408. The molecule has 1 nitrogen and oxygen atoms in total. The molecule has 0 saturated carbocycles. The van der Waals surface area contributed by atoms with Gasteiger partial charge in [-0.25, -0.2) is 4.39 Å². The van der Waals surface area contributed by atoms with Crippen LogP contribution < -0.4 is 4.74 Å². The van der Waals surface area contributed by atoms with Crippen LogP contribution in [0.25, 0.3) is 16.7 Å². The number of hydrogen-bond acceptors (Lipinski definition) is 1. The predicted octanol–water partition coefficient (Wildman–Crippen LogP) is 8.04. The van der Waals surface area contributed by atoms with Crippen LogP contribution >= 0.6 is 11.6 Å². The van der Waals surface area contributed by atoms with E-state index in [1.54, 1.807) is 0 Å². The molecule has 0 fully saturated rings. The van der Waals surface area contributed by atoms with Crippen molar-refractivity contribution in [2.24, 2.45) is 0 Å². The van der Waals surface area contributed by atoms with Gasteiger partial charge in [0.1, 0.15) is 17.2 Å². The molecule has 5 rings (SSSR count). The van der Waals surface area contributed by atoms with Gasteiger partial charge in [0, 0.05) is 16.2 Å². The second-order valence-electron chi connectivity index (χ2n) is 8.74. The smallest absolute Gasteiger partial charge is 0.135 e. The van der Waals surface area contributed by atoms with Crippen molar-refractivity contribution in [2.75, 3.05) is 0 Å². The van der Waals surface area contributed by atoms with Crippen LogP contribution in [0.2, 0.25) is 5.02 Å². The van der Waals surface area contributed by atoms with E-state index in [9.17, 15) is 4.39 Å². The minimum Gasteiger partial charge on any atom is -0.482 e. The Bertz CT molecular complexity index is 1150. The van der Waals surface area contributed by atoms with E-state index in [2.05, 4.69) is 44.2 Å². The minimum absolute atomic E-state index is 0.306. The molecule has 3 aromatic rings. The van der Waals surface area contributed by atoms with Crippen molar-refractivity contribution >= 4 is 17.2 Å². The molecule has 1 aliphatic carbocycles. The molecule has 0 saturated heterocycles. The first-order chi connectivity index (χ1) is 15.0. The van der Waals surface area contributed by atoms with Gasteiger partial charge < -0.3 is 4.74 Å². The van der Waals surface area contributed by atoms with Gasteiger partial charge in [0.2, 0.25) is 0 Å². The predicted molar refractivity (Wildman–Crippen MR) is 126 cm³/mol. The third-order valence-corrected chi connectivity index (χ3v) is 7.10. The van der Waals surface area contributed by atoms with Gasteiger partial charge in [-0.2, -0.15) is 0 Å². The molecule has 0 atom stereocenters. The zero-order valence-electron chi connectivity index (χ0n) is 18.0. The molecule has 0 radical (unpaired) electrons. The van der Waals surface area contributed by atoms with E-state index in [0.717, 1.165) is 54.5 Å². The largest absolute Gasteiger partial charge is 0.482 e. The highest BCUT2D eigenvalue weighted by atomic mass is 35.5. The molecule has 31 heavy (non-hydrogen) atoms. The standard InChI is InChI=1S/C28H26ClFO/c1-3-18(2)27-25-16-21(22-14-23(29)17-24(30)15-22)8-9-26(25)31-28(27)12-10-19-6-4-5-7-20(19)11-13-28/h4-9,14-17H,3,10-13H2,1-2H3. The molecular weight excluding hydrogens is 407 g/mol. The Labute approximate surface area is 188 Å². The monoisotopic (exact) mass is 432 g/mol. The van der Waals surface area contributed by atoms with Crippen molar-refractivity contribution in [3.63, 3.8) is 0 Å². The number of hydrogen-bond donors (Lipinski definition) is 0. The average Bonchev–Trinajstić information content (AvgIpc) is 2.97. The van der Waals surface area contributed by atoms with Crippen molar-refractivity contribution < 1.29 is 9.13 Å². The number of benzene rings is 3. The summed E-state index contributed by atoms with van der Waals surface area (Å²) in [7, 11) is 0. The molecule has 3 aromatic carbocycles. The summed E-state index contributed by atoms with van der Waals surface area (Å²) in [6, 6.07) is 19.7. The molecule has 1 aliphatic heterocycles. The van der Waals surface area contributed by atoms with Crippen LogP contribution in [-0.2, 0) is 12.8 Å². The summed E-state index contributed by atoms with van der Waals surface area (Å²) in [4.78, 5) is 0. The lowest BCUT2D eigenvalue weighted by atomic mass is 9.80. The van der Waals surface area contributed by atoms with Crippen LogP contribution in [0, 0.1) is 5.82 Å². The topological polar surface area (TPSA) is 9.23 Å². The Kier molecular flexibility index (Phi) is 5.14. The quantitative estimate of drug-likeness (QED) is 0.398. The van der Waals surface area contributed by atoms with Crippen LogP contribution in [0.5, 0.6) is 5.75 Å². The zero-order chi connectivity index (χ0) is 21.6. The molecule has 158 valence electrons. The number of aryl methyl sites for hydroxylation is 2. The first-order valence-electron chi connectivity index (χ1n) is 11.1. The van der Waals surface area contributed by atoms with Crippen LogP contribution in [-0.4, -0.2) is 5.60 Å². The number of halogens is 2. The highest BCUT2D eigenvalue weighted by Crippen LogP contribution is 2.52. The Morgan fingerprint density at radius 2 is 1.68 bits per heavy atom. The van der Waals surface area contributed by atoms with Gasteiger partial charge in [0.05, 0.1) is 0 Å². The van der Waals surface area contributed by atoms with Gasteiger partial charge in [-0.1, -0.05) is 54.4 Å². The molecule has 1 heterocycles. The summed E-state index contributed by atoms with van der Waals surface area (Å²) in [6.07, 6.45) is 4.93. The Morgan fingerprint density at radius 1 is 0.968 bits per heavy atom. The van der Waals surface area contributed by atoms with Gasteiger partial charge in [-0.3, -0.25) is 0 Å². The average molecular weight is 433 g/mol. The lowest BCUT2D eigenvalue weighted by molar-refractivity contribution is 0.128. The Balaban J connectivity index is 1.60. The van der Waals surface area contributed by atoms with E-state index >= 15 is 0 Å². The van der Waals surface area contributed by atoms with E-state index in [1.165, 1.54) is 34.4 Å². The van der Waals surface area contributed by atoms with Gasteiger partial charge in [-0.05, 0) is 91.6 Å². The molecule has 0 aromatic heterocycles. The van der Waals surface area contributed by atoms with E-state index in [0.29, 0.717) is 5.02 Å². The molecule has 0 amide bonds. The van der Waals surface area contributed by atoms with E-state index in [1.807, 2.05) is 18.2 Å². The first kappa shape index (κ1) is 20.3. The van der Waals surface area contributed by atoms with Crippen molar-refractivity contribution in [3.05, 3.63) is 93.8 Å². The maximum atomic E-state index is 14.0. The van der Waals surface area contributed by atoms with E-state index in [-0.39, 0.29) is 11.4 Å². The number of rotatable bonds is 2. The maximum absolute atomic E-state index is 14.0. The second-order valence-corrected chi connectivity index (χ2v) is 9.18. The fraction of sp³-hybridized carbons (Fsp3) is 0.286. The maximum Gasteiger partial charge on any atom is 0.135 e. The lowest BCUT2D eigenvalue weighted by Gasteiger charge is -2.30. The van der Waals surface area contributed by atoms with Gasteiger partial charge in [0.15, 0.2) is 0 Å². The summed E-state index contributed by atoms with van der Waals surface area (Å²) < 4.78 is 20.8. The highest BCUT2D eigenvalue weighted by molar-refractivity contribution is 6.30. The summed E-state index contributed by atoms with van der Waals surface area (Å²) >= 11 is 6.12. The van der Waals surface area contributed by atoms with Crippen LogP contribution in [0.4, 0.5) is 4.39 Å². The van der Waals surface area contributed by atoms with Crippen molar-refractivity contribution in [2.45, 2.75) is 51.6 Å². The summed E-state index contributed by atoms with van der Waals surface area (Å²) in [5.41, 5.74) is 8.13. The molecule has 0 unspecified atom stereocenters. The fourth-order valence-corrected chi connectivity index (χ4v) is 5.43. The SMILES string of the molecule is CCC(C)=C1c2cc(-c3cc(F)cc(Cl)c3)ccc2OC12CCc1ccccc1CC2. The second kappa shape index (κ2) is 7.84. The van der Waals surface area contributed by atoms with Gasteiger partial charge >= 0.3 is 0 Å². The number of ether oxygens (including phenoxy) is 1. The van der Waals surface area contributed by atoms with Crippen molar-refractivity contribution in [3.8, 4) is 16.9 Å². The molecule has 1 spiro atoms. The third-order valence-electron chi connectivity index (χ3n) is 6.88. The number of allylic oxidation sites excluding steroid dienone is 1. The zero-order valence-corrected chi connectivity index (χ0v) is 18.7.